The monoisotopic (exact) mass is 260 g/mol. The maximum Gasteiger partial charge on any atom is 0.315 e. The van der Waals surface area contributed by atoms with Crippen molar-refractivity contribution in [1.29, 1.82) is 0 Å². The lowest BCUT2D eigenvalue weighted by molar-refractivity contribution is -0.385. The summed E-state index contributed by atoms with van der Waals surface area (Å²) < 4.78 is 10.2. The number of benzene rings is 1. The lowest BCUT2D eigenvalue weighted by Gasteiger charge is -2.10. The molecule has 0 unspecified atom stereocenters. The fraction of sp³-hybridized carbons (Fsp3) is 0.154. The van der Waals surface area contributed by atoms with Crippen molar-refractivity contribution in [3.8, 4) is 22.8 Å². The summed E-state index contributed by atoms with van der Waals surface area (Å²) in [6, 6.07) is 8.44. The van der Waals surface area contributed by atoms with Crippen LogP contribution in [-0.4, -0.2) is 24.1 Å². The smallest absolute Gasteiger partial charge is 0.315 e. The molecule has 0 saturated carbocycles. The molecule has 1 aromatic heterocycles. The Morgan fingerprint density at radius 2 is 2.00 bits per heavy atom. The van der Waals surface area contributed by atoms with E-state index in [1.54, 1.807) is 24.4 Å². The van der Waals surface area contributed by atoms with Crippen LogP contribution in [0.15, 0.2) is 36.5 Å². The van der Waals surface area contributed by atoms with Crippen molar-refractivity contribution >= 4 is 5.69 Å². The first-order chi connectivity index (χ1) is 9.17. The fourth-order valence-corrected chi connectivity index (χ4v) is 1.76. The summed E-state index contributed by atoms with van der Waals surface area (Å²) in [5, 5.41) is 11.1. The van der Waals surface area contributed by atoms with Crippen LogP contribution in [0.3, 0.4) is 0 Å². The predicted molar refractivity (Wildman–Crippen MR) is 69.4 cm³/mol. The van der Waals surface area contributed by atoms with E-state index in [1.165, 1.54) is 20.3 Å². The van der Waals surface area contributed by atoms with Crippen LogP contribution in [0.4, 0.5) is 5.69 Å². The van der Waals surface area contributed by atoms with E-state index in [2.05, 4.69) is 4.98 Å². The van der Waals surface area contributed by atoms with E-state index < -0.39 is 4.92 Å². The van der Waals surface area contributed by atoms with E-state index in [0.717, 1.165) is 0 Å². The van der Waals surface area contributed by atoms with Crippen LogP contribution in [0.2, 0.25) is 0 Å². The SMILES string of the molecule is COc1cc(-c2ccccn2)cc([N+](=O)[O-])c1OC. The minimum absolute atomic E-state index is 0.104. The van der Waals surface area contributed by atoms with Gasteiger partial charge in [0.25, 0.3) is 0 Å². The van der Waals surface area contributed by atoms with Crippen molar-refractivity contribution in [1.82, 2.24) is 4.98 Å². The average Bonchev–Trinajstić information content (AvgIpc) is 2.46. The highest BCUT2D eigenvalue weighted by atomic mass is 16.6. The largest absolute Gasteiger partial charge is 0.493 e. The van der Waals surface area contributed by atoms with Gasteiger partial charge in [0.15, 0.2) is 5.75 Å². The molecular formula is C13H12N2O4. The van der Waals surface area contributed by atoms with Gasteiger partial charge in [-0.05, 0) is 18.2 Å². The highest BCUT2D eigenvalue weighted by Gasteiger charge is 2.22. The Morgan fingerprint density at radius 3 is 2.53 bits per heavy atom. The van der Waals surface area contributed by atoms with Crippen LogP contribution in [-0.2, 0) is 0 Å². The van der Waals surface area contributed by atoms with Gasteiger partial charge in [0.2, 0.25) is 5.75 Å². The van der Waals surface area contributed by atoms with Crippen LogP contribution in [0, 0.1) is 10.1 Å². The highest BCUT2D eigenvalue weighted by molar-refractivity contribution is 5.70. The molecule has 0 amide bonds. The summed E-state index contributed by atoms with van der Waals surface area (Å²) in [6.45, 7) is 0. The maximum absolute atomic E-state index is 11.1. The fourth-order valence-electron chi connectivity index (χ4n) is 1.76. The molecule has 0 spiro atoms. The Balaban J connectivity index is 2.65. The standard InChI is InChI=1S/C13H12N2O4/c1-18-12-8-9(10-5-3-4-6-14-10)7-11(15(16)17)13(12)19-2/h3-8H,1-2H3. The normalized spacial score (nSPS) is 10.0. The molecule has 0 aliphatic rings. The molecule has 0 saturated heterocycles. The molecule has 0 aliphatic carbocycles. The van der Waals surface area contributed by atoms with E-state index >= 15 is 0 Å². The second-order valence-electron chi connectivity index (χ2n) is 3.70. The molecule has 0 bridgehead atoms. The number of nitro benzene ring substituents is 1. The molecule has 0 aliphatic heterocycles. The third-order valence-corrected chi connectivity index (χ3v) is 2.62. The second kappa shape index (κ2) is 5.34. The van der Waals surface area contributed by atoms with Gasteiger partial charge < -0.3 is 9.47 Å². The third-order valence-electron chi connectivity index (χ3n) is 2.62. The summed E-state index contributed by atoms with van der Waals surface area (Å²) in [6.07, 6.45) is 1.62. The van der Waals surface area contributed by atoms with Crippen LogP contribution >= 0.6 is 0 Å². The lowest BCUT2D eigenvalue weighted by atomic mass is 10.1. The van der Waals surface area contributed by atoms with Gasteiger partial charge in [-0.1, -0.05) is 6.07 Å². The Morgan fingerprint density at radius 1 is 1.21 bits per heavy atom. The van der Waals surface area contributed by atoms with Gasteiger partial charge >= 0.3 is 5.69 Å². The molecule has 2 aromatic rings. The topological polar surface area (TPSA) is 74.5 Å². The summed E-state index contributed by atoms with van der Waals surface area (Å²) in [5.74, 6) is 0.407. The molecule has 0 atom stereocenters. The number of hydrogen-bond donors (Lipinski definition) is 0. The molecule has 6 nitrogen and oxygen atoms in total. The first-order valence-corrected chi connectivity index (χ1v) is 5.49. The van der Waals surface area contributed by atoms with E-state index in [1.807, 2.05) is 6.07 Å². The van der Waals surface area contributed by atoms with E-state index in [-0.39, 0.29) is 11.4 Å². The molecule has 98 valence electrons. The van der Waals surface area contributed by atoms with E-state index in [0.29, 0.717) is 17.0 Å². The molecule has 1 aromatic carbocycles. The van der Waals surface area contributed by atoms with Crippen molar-refractivity contribution in [2.45, 2.75) is 0 Å². The number of nitro groups is 1. The average molecular weight is 260 g/mol. The van der Waals surface area contributed by atoms with E-state index in [4.69, 9.17) is 9.47 Å². The molecule has 0 radical (unpaired) electrons. The molecule has 19 heavy (non-hydrogen) atoms. The molecule has 0 fully saturated rings. The quantitative estimate of drug-likeness (QED) is 0.624. The number of nitrogens with zero attached hydrogens (tertiary/aromatic N) is 2. The van der Waals surface area contributed by atoms with Gasteiger partial charge in [-0.15, -0.1) is 0 Å². The summed E-state index contributed by atoms with van der Waals surface area (Å²) in [4.78, 5) is 14.7. The maximum atomic E-state index is 11.1. The summed E-state index contributed by atoms with van der Waals surface area (Å²) >= 11 is 0. The molecule has 0 N–H and O–H groups in total. The van der Waals surface area contributed by atoms with E-state index in [9.17, 15) is 10.1 Å². The number of pyridine rings is 1. The number of hydrogen-bond acceptors (Lipinski definition) is 5. The second-order valence-corrected chi connectivity index (χ2v) is 3.70. The summed E-state index contributed by atoms with van der Waals surface area (Å²) in [7, 11) is 2.80. The predicted octanol–water partition coefficient (Wildman–Crippen LogP) is 2.67. The van der Waals surface area contributed by atoms with Gasteiger partial charge in [-0.25, -0.2) is 0 Å². The first-order valence-electron chi connectivity index (χ1n) is 5.49. The van der Waals surface area contributed by atoms with Crippen LogP contribution in [0.1, 0.15) is 0 Å². The Bertz CT molecular complexity index is 599. The molecule has 6 heteroatoms. The van der Waals surface area contributed by atoms with Gasteiger partial charge in [-0.3, -0.25) is 15.1 Å². The van der Waals surface area contributed by atoms with Crippen molar-refractivity contribution in [2.75, 3.05) is 14.2 Å². The van der Waals surface area contributed by atoms with Gasteiger partial charge in [0.05, 0.1) is 24.8 Å². The molecular weight excluding hydrogens is 248 g/mol. The Kier molecular flexibility index (Phi) is 3.61. The molecule has 2 rings (SSSR count). The van der Waals surface area contributed by atoms with Crippen molar-refractivity contribution in [3.63, 3.8) is 0 Å². The number of rotatable bonds is 4. The minimum Gasteiger partial charge on any atom is -0.493 e. The summed E-state index contributed by atoms with van der Waals surface area (Å²) in [5.41, 5.74) is 1.08. The zero-order valence-electron chi connectivity index (χ0n) is 10.5. The van der Waals surface area contributed by atoms with Crippen LogP contribution < -0.4 is 9.47 Å². The van der Waals surface area contributed by atoms with Gasteiger partial charge in [-0.2, -0.15) is 0 Å². The minimum atomic E-state index is -0.506. The number of aromatic nitrogens is 1. The third kappa shape index (κ3) is 2.47. The zero-order valence-corrected chi connectivity index (χ0v) is 10.5. The van der Waals surface area contributed by atoms with Crippen molar-refractivity contribution in [2.24, 2.45) is 0 Å². The Labute approximate surface area is 109 Å². The van der Waals surface area contributed by atoms with Crippen molar-refractivity contribution < 1.29 is 14.4 Å². The molecule has 1 heterocycles. The van der Waals surface area contributed by atoms with Crippen molar-refractivity contribution in [3.05, 3.63) is 46.6 Å². The first kappa shape index (κ1) is 12.8. The zero-order chi connectivity index (χ0) is 13.8. The Hall–Kier alpha value is -2.63. The number of ether oxygens (including phenoxy) is 2. The van der Waals surface area contributed by atoms with Gasteiger partial charge in [0, 0.05) is 17.8 Å². The van der Waals surface area contributed by atoms with Crippen LogP contribution in [0.5, 0.6) is 11.5 Å². The highest BCUT2D eigenvalue weighted by Crippen LogP contribution is 2.40. The number of methoxy groups -OCH3 is 2. The van der Waals surface area contributed by atoms with Crippen LogP contribution in [0.25, 0.3) is 11.3 Å². The van der Waals surface area contributed by atoms with Gasteiger partial charge in [0.1, 0.15) is 0 Å². The lowest BCUT2D eigenvalue weighted by Crippen LogP contribution is -1.98.